The summed E-state index contributed by atoms with van der Waals surface area (Å²) in [4.78, 5) is 33.6. The maximum Gasteiger partial charge on any atom is 0.264 e. The van der Waals surface area contributed by atoms with Gasteiger partial charge in [0.15, 0.2) is 0 Å². The minimum atomic E-state index is -0.120. The molecule has 0 saturated carbocycles. The van der Waals surface area contributed by atoms with Crippen LogP contribution >= 0.6 is 23.4 Å². The Labute approximate surface area is 220 Å². The lowest BCUT2D eigenvalue weighted by atomic mass is 10.1. The Morgan fingerprint density at radius 3 is 2.42 bits per heavy atom. The van der Waals surface area contributed by atoms with Crippen LogP contribution in [0, 0.1) is 0 Å². The van der Waals surface area contributed by atoms with E-state index in [1.54, 1.807) is 25.1 Å². The third-order valence-corrected chi connectivity index (χ3v) is 7.92. The van der Waals surface area contributed by atoms with Crippen molar-refractivity contribution in [1.82, 2.24) is 4.90 Å². The number of likely N-dealkylation sites (N-methyl/N-ethyl adjacent to an activating group) is 1. The van der Waals surface area contributed by atoms with Crippen molar-refractivity contribution < 1.29 is 14.3 Å². The highest BCUT2D eigenvalue weighted by molar-refractivity contribution is 8.04. The van der Waals surface area contributed by atoms with Gasteiger partial charge < -0.3 is 19.4 Å². The molecule has 0 aliphatic carbocycles. The van der Waals surface area contributed by atoms with Crippen LogP contribution in [0.4, 0.5) is 11.4 Å². The van der Waals surface area contributed by atoms with Gasteiger partial charge in [0.25, 0.3) is 11.8 Å². The zero-order valence-electron chi connectivity index (χ0n) is 20.1. The van der Waals surface area contributed by atoms with Gasteiger partial charge in [-0.15, -0.1) is 0 Å². The molecule has 2 heterocycles. The average Bonchev–Trinajstić information content (AvgIpc) is 2.92. The van der Waals surface area contributed by atoms with E-state index in [1.807, 2.05) is 71.6 Å². The SMILES string of the molecule is COc1ccc(N2CCN(C(=O)c3ccc4c(c3)N(C)C(=O)C(=Cc3ccccc3Cl)S4)CC2)cc1. The number of carbonyl (C=O) groups excluding carboxylic acids is 2. The van der Waals surface area contributed by atoms with Crippen LogP contribution in [-0.2, 0) is 4.79 Å². The topological polar surface area (TPSA) is 53.1 Å². The van der Waals surface area contributed by atoms with Gasteiger partial charge in [-0.25, -0.2) is 0 Å². The summed E-state index contributed by atoms with van der Waals surface area (Å²) in [7, 11) is 3.39. The van der Waals surface area contributed by atoms with E-state index < -0.39 is 0 Å². The number of nitrogens with zero attached hydrogens (tertiary/aromatic N) is 3. The average molecular weight is 520 g/mol. The van der Waals surface area contributed by atoms with E-state index in [0.717, 1.165) is 40.7 Å². The number of benzene rings is 3. The number of rotatable bonds is 4. The number of halogens is 1. The number of hydrogen-bond acceptors (Lipinski definition) is 5. The fourth-order valence-corrected chi connectivity index (χ4v) is 5.68. The first-order chi connectivity index (χ1) is 17.4. The second-order valence-corrected chi connectivity index (χ2v) is 10.1. The third kappa shape index (κ3) is 4.81. The molecule has 1 saturated heterocycles. The summed E-state index contributed by atoms with van der Waals surface area (Å²) < 4.78 is 5.24. The van der Waals surface area contributed by atoms with Crippen LogP contribution in [0.25, 0.3) is 6.08 Å². The number of methoxy groups -OCH3 is 1. The van der Waals surface area contributed by atoms with Crippen LogP contribution in [0.3, 0.4) is 0 Å². The Kier molecular flexibility index (Phi) is 6.94. The number of ether oxygens (including phenoxy) is 1. The zero-order valence-corrected chi connectivity index (χ0v) is 21.7. The molecular weight excluding hydrogens is 494 g/mol. The Morgan fingerprint density at radius 1 is 1.00 bits per heavy atom. The Bertz CT molecular complexity index is 1330. The summed E-state index contributed by atoms with van der Waals surface area (Å²) in [6, 6.07) is 21.0. The van der Waals surface area contributed by atoms with Gasteiger partial charge in [0.2, 0.25) is 0 Å². The molecule has 2 amide bonds. The first-order valence-corrected chi connectivity index (χ1v) is 12.9. The van der Waals surface area contributed by atoms with E-state index in [4.69, 9.17) is 16.3 Å². The first-order valence-electron chi connectivity index (χ1n) is 11.7. The Balaban J connectivity index is 1.29. The van der Waals surface area contributed by atoms with E-state index in [0.29, 0.717) is 28.6 Å². The van der Waals surface area contributed by atoms with Crippen molar-refractivity contribution in [2.45, 2.75) is 4.90 Å². The molecule has 0 aromatic heterocycles. The number of amides is 2. The van der Waals surface area contributed by atoms with Crippen molar-refractivity contribution in [3.63, 3.8) is 0 Å². The van der Waals surface area contributed by atoms with Gasteiger partial charge in [0, 0.05) is 54.4 Å². The number of carbonyl (C=O) groups is 2. The molecule has 184 valence electrons. The van der Waals surface area contributed by atoms with E-state index in [2.05, 4.69) is 4.90 Å². The number of thioether (sulfide) groups is 1. The van der Waals surface area contributed by atoms with E-state index in [9.17, 15) is 9.59 Å². The fourth-order valence-electron chi connectivity index (χ4n) is 4.40. The van der Waals surface area contributed by atoms with Gasteiger partial charge in [0.1, 0.15) is 5.75 Å². The van der Waals surface area contributed by atoms with Gasteiger partial charge in [-0.2, -0.15) is 0 Å². The molecule has 2 aliphatic heterocycles. The number of piperazine rings is 1. The van der Waals surface area contributed by atoms with Crippen molar-refractivity contribution >= 4 is 52.6 Å². The largest absolute Gasteiger partial charge is 0.497 e. The summed E-state index contributed by atoms with van der Waals surface area (Å²) in [5.74, 6) is 0.689. The standard InChI is InChI=1S/C28H26ClN3O3S/c1-30-24-17-20(7-12-25(24)36-26(28(30)34)18-19-5-3-4-6-23(19)29)27(33)32-15-13-31(14-16-32)21-8-10-22(35-2)11-9-21/h3-12,17-18H,13-16H2,1-2H3. The molecule has 3 aromatic carbocycles. The highest BCUT2D eigenvalue weighted by Crippen LogP contribution is 2.42. The Hall–Kier alpha value is -3.42. The highest BCUT2D eigenvalue weighted by atomic mass is 35.5. The summed E-state index contributed by atoms with van der Waals surface area (Å²) in [6.07, 6.45) is 1.82. The normalized spacial score (nSPS) is 16.8. The summed E-state index contributed by atoms with van der Waals surface area (Å²) in [5, 5.41) is 0.597. The van der Waals surface area contributed by atoms with E-state index in [-0.39, 0.29) is 11.8 Å². The molecule has 6 nitrogen and oxygen atoms in total. The van der Waals surface area contributed by atoms with Crippen LogP contribution in [0.5, 0.6) is 5.75 Å². The highest BCUT2D eigenvalue weighted by Gasteiger charge is 2.29. The summed E-state index contributed by atoms with van der Waals surface area (Å²) >= 11 is 7.68. The van der Waals surface area contributed by atoms with Crippen molar-refractivity contribution in [1.29, 1.82) is 0 Å². The lowest BCUT2D eigenvalue weighted by Gasteiger charge is -2.36. The predicted molar refractivity (Wildman–Crippen MR) is 146 cm³/mol. The molecule has 0 unspecified atom stereocenters. The molecule has 3 aromatic rings. The van der Waals surface area contributed by atoms with Gasteiger partial charge >= 0.3 is 0 Å². The quantitative estimate of drug-likeness (QED) is 0.431. The van der Waals surface area contributed by atoms with E-state index >= 15 is 0 Å². The van der Waals surface area contributed by atoms with Crippen LogP contribution in [0.15, 0.2) is 76.5 Å². The predicted octanol–water partition coefficient (Wildman–Crippen LogP) is 5.42. The second kappa shape index (κ2) is 10.3. The maximum atomic E-state index is 13.3. The van der Waals surface area contributed by atoms with Gasteiger partial charge in [-0.1, -0.05) is 41.6 Å². The zero-order chi connectivity index (χ0) is 25.2. The van der Waals surface area contributed by atoms with Crippen molar-refractivity contribution in [3.05, 3.63) is 87.8 Å². The van der Waals surface area contributed by atoms with Gasteiger partial charge in [-0.05, 0) is 60.2 Å². The molecule has 0 N–H and O–H groups in total. The molecule has 2 aliphatic rings. The number of fused-ring (bicyclic) bond motifs is 1. The molecule has 8 heteroatoms. The molecule has 0 bridgehead atoms. The van der Waals surface area contributed by atoms with Crippen LogP contribution < -0.4 is 14.5 Å². The van der Waals surface area contributed by atoms with Crippen molar-refractivity contribution in [2.75, 3.05) is 50.1 Å². The van der Waals surface area contributed by atoms with Gasteiger partial charge in [-0.3, -0.25) is 9.59 Å². The lowest BCUT2D eigenvalue weighted by Crippen LogP contribution is -2.48. The van der Waals surface area contributed by atoms with Crippen LogP contribution in [0.2, 0.25) is 5.02 Å². The Morgan fingerprint density at radius 2 is 1.72 bits per heavy atom. The molecular formula is C28H26ClN3O3S. The monoisotopic (exact) mass is 519 g/mol. The van der Waals surface area contributed by atoms with E-state index in [1.165, 1.54) is 11.8 Å². The third-order valence-electron chi connectivity index (χ3n) is 6.50. The minimum Gasteiger partial charge on any atom is -0.497 e. The first kappa shape index (κ1) is 24.3. The van der Waals surface area contributed by atoms with Crippen LogP contribution in [0.1, 0.15) is 15.9 Å². The minimum absolute atomic E-state index is 0.0181. The molecule has 0 spiro atoms. The number of anilines is 2. The van der Waals surface area contributed by atoms with Crippen molar-refractivity contribution in [2.24, 2.45) is 0 Å². The molecule has 36 heavy (non-hydrogen) atoms. The smallest absolute Gasteiger partial charge is 0.264 e. The molecule has 1 fully saturated rings. The lowest BCUT2D eigenvalue weighted by molar-refractivity contribution is -0.114. The van der Waals surface area contributed by atoms with Crippen molar-refractivity contribution in [3.8, 4) is 5.75 Å². The number of hydrogen-bond donors (Lipinski definition) is 0. The van der Waals surface area contributed by atoms with Gasteiger partial charge in [0.05, 0.1) is 17.7 Å². The summed E-state index contributed by atoms with van der Waals surface area (Å²) in [5.41, 5.74) is 3.25. The molecule has 0 radical (unpaired) electrons. The van der Waals surface area contributed by atoms with Crippen LogP contribution in [-0.4, -0.2) is 57.1 Å². The molecule has 0 atom stereocenters. The summed E-state index contributed by atoms with van der Waals surface area (Å²) in [6.45, 7) is 2.78. The molecule has 5 rings (SSSR count). The fraction of sp³-hybridized carbons (Fsp3) is 0.214. The maximum absolute atomic E-state index is 13.3. The second-order valence-electron chi connectivity index (χ2n) is 8.66.